The van der Waals surface area contributed by atoms with Crippen LogP contribution in [-0.4, -0.2) is 43.6 Å². The Morgan fingerprint density at radius 3 is 3.11 bits per heavy atom. The van der Waals surface area contributed by atoms with Crippen LogP contribution >= 0.6 is 11.3 Å². The molecule has 3 aromatic rings. The molecule has 142 valence electrons. The third-order valence-corrected chi connectivity index (χ3v) is 5.03. The van der Waals surface area contributed by atoms with E-state index >= 15 is 0 Å². The van der Waals surface area contributed by atoms with E-state index in [1.807, 2.05) is 0 Å². The molecule has 0 aliphatic carbocycles. The average molecular weight is 394 g/mol. The zero-order chi connectivity index (χ0) is 18.8. The summed E-state index contributed by atoms with van der Waals surface area (Å²) in [6.07, 6.45) is 3.61. The number of amides is 1. The van der Waals surface area contributed by atoms with E-state index < -0.39 is 18.0 Å². The molecule has 1 fully saturated rings. The molecule has 0 saturated carbocycles. The summed E-state index contributed by atoms with van der Waals surface area (Å²) < 4.78 is 33.5. The number of anilines is 1. The normalized spacial score (nSPS) is 16.9. The fourth-order valence-electron chi connectivity index (χ4n) is 2.85. The third-order valence-electron chi connectivity index (χ3n) is 4.14. The van der Waals surface area contributed by atoms with Crippen LogP contribution in [0.1, 0.15) is 35.4 Å². The van der Waals surface area contributed by atoms with Crippen molar-refractivity contribution in [2.45, 2.75) is 31.9 Å². The number of H-pyrrole nitrogens is 1. The Balaban J connectivity index is 1.50. The zero-order valence-electron chi connectivity index (χ0n) is 14.1. The predicted molar refractivity (Wildman–Crippen MR) is 93.8 cm³/mol. The summed E-state index contributed by atoms with van der Waals surface area (Å²) in [5.74, 6) is -0.570. The zero-order valence-corrected chi connectivity index (χ0v) is 14.9. The van der Waals surface area contributed by atoms with Gasteiger partial charge in [0, 0.05) is 29.9 Å². The standard InChI is InChI=1S/C16H16F2N6O2S/c17-14(18)13-11(7-24(23-13)6-10-2-1-3-26-10)21-15(25)12-8-27-16(22-12)9-4-19-20-5-9/h4-5,7-8,10,14H,1-3,6H2,(H,19,20)(H,21,25). The summed E-state index contributed by atoms with van der Waals surface area (Å²) >= 11 is 1.27. The van der Waals surface area contributed by atoms with E-state index in [9.17, 15) is 13.6 Å². The van der Waals surface area contributed by atoms with E-state index in [1.54, 1.807) is 17.8 Å². The smallest absolute Gasteiger partial charge is 0.284 e. The number of nitrogens with one attached hydrogen (secondary N) is 2. The first-order valence-corrected chi connectivity index (χ1v) is 9.21. The molecule has 4 rings (SSSR count). The van der Waals surface area contributed by atoms with Gasteiger partial charge in [-0.25, -0.2) is 13.8 Å². The Labute approximate surface area is 156 Å². The Morgan fingerprint density at radius 1 is 1.52 bits per heavy atom. The van der Waals surface area contributed by atoms with Crippen LogP contribution in [0.5, 0.6) is 0 Å². The molecule has 0 bridgehead atoms. The summed E-state index contributed by atoms with van der Waals surface area (Å²) in [5.41, 5.74) is 0.400. The number of hydrogen-bond acceptors (Lipinski definition) is 6. The van der Waals surface area contributed by atoms with Gasteiger partial charge in [0.05, 0.1) is 24.5 Å². The van der Waals surface area contributed by atoms with Gasteiger partial charge in [0.25, 0.3) is 12.3 Å². The summed E-state index contributed by atoms with van der Waals surface area (Å²) in [4.78, 5) is 16.7. The highest BCUT2D eigenvalue weighted by Crippen LogP contribution is 2.28. The van der Waals surface area contributed by atoms with E-state index in [-0.39, 0.29) is 17.5 Å². The molecular formula is C16H16F2N6O2S. The maximum Gasteiger partial charge on any atom is 0.284 e. The van der Waals surface area contributed by atoms with Gasteiger partial charge < -0.3 is 10.1 Å². The lowest BCUT2D eigenvalue weighted by atomic mass is 10.2. The molecule has 11 heteroatoms. The lowest BCUT2D eigenvalue weighted by Gasteiger charge is -2.08. The van der Waals surface area contributed by atoms with Gasteiger partial charge in [-0.3, -0.25) is 14.6 Å². The van der Waals surface area contributed by atoms with Crippen molar-refractivity contribution in [2.24, 2.45) is 0 Å². The van der Waals surface area contributed by atoms with Crippen molar-refractivity contribution in [1.29, 1.82) is 0 Å². The van der Waals surface area contributed by atoms with Crippen LogP contribution in [0.25, 0.3) is 10.6 Å². The molecular weight excluding hydrogens is 378 g/mol. The molecule has 1 atom stereocenters. The molecule has 2 N–H and O–H groups in total. The SMILES string of the molecule is O=C(Nc1cn(CC2CCCO2)nc1C(F)F)c1csc(-c2cn[nH]c2)n1. The second-order valence-corrected chi connectivity index (χ2v) is 6.92. The maximum atomic E-state index is 13.3. The van der Waals surface area contributed by atoms with Gasteiger partial charge in [-0.2, -0.15) is 10.2 Å². The van der Waals surface area contributed by atoms with Crippen LogP contribution in [0, 0.1) is 0 Å². The number of halogens is 2. The molecule has 1 amide bonds. The molecule has 1 aliphatic rings. The van der Waals surface area contributed by atoms with Crippen molar-refractivity contribution in [3.63, 3.8) is 0 Å². The van der Waals surface area contributed by atoms with E-state index in [4.69, 9.17) is 4.74 Å². The summed E-state index contributed by atoms with van der Waals surface area (Å²) in [6, 6.07) is 0. The van der Waals surface area contributed by atoms with Crippen LogP contribution in [0.4, 0.5) is 14.5 Å². The van der Waals surface area contributed by atoms with Crippen LogP contribution in [0.3, 0.4) is 0 Å². The first kappa shape index (κ1) is 17.7. The summed E-state index contributed by atoms with van der Waals surface area (Å²) in [7, 11) is 0. The lowest BCUT2D eigenvalue weighted by molar-refractivity contribution is 0.0926. The van der Waals surface area contributed by atoms with Crippen molar-refractivity contribution in [2.75, 3.05) is 11.9 Å². The second-order valence-electron chi connectivity index (χ2n) is 6.06. The third kappa shape index (κ3) is 3.88. The van der Waals surface area contributed by atoms with Gasteiger partial charge >= 0.3 is 0 Å². The molecule has 4 heterocycles. The minimum Gasteiger partial charge on any atom is -0.376 e. The van der Waals surface area contributed by atoms with E-state index in [0.717, 1.165) is 18.4 Å². The highest BCUT2D eigenvalue weighted by atomic mass is 32.1. The Hall–Kier alpha value is -2.66. The van der Waals surface area contributed by atoms with Gasteiger partial charge in [0.2, 0.25) is 0 Å². The van der Waals surface area contributed by atoms with E-state index in [0.29, 0.717) is 18.2 Å². The van der Waals surface area contributed by atoms with Crippen LogP contribution in [-0.2, 0) is 11.3 Å². The highest BCUT2D eigenvalue weighted by molar-refractivity contribution is 7.13. The maximum absolute atomic E-state index is 13.3. The van der Waals surface area contributed by atoms with Crippen molar-refractivity contribution >= 4 is 22.9 Å². The lowest BCUT2D eigenvalue weighted by Crippen LogP contribution is -2.15. The number of hydrogen-bond donors (Lipinski definition) is 2. The highest BCUT2D eigenvalue weighted by Gasteiger charge is 2.23. The number of thiazole rings is 1. The van der Waals surface area contributed by atoms with E-state index in [1.165, 1.54) is 22.2 Å². The minimum atomic E-state index is -2.80. The number of carbonyl (C=O) groups excluding carboxylic acids is 1. The van der Waals surface area contributed by atoms with Gasteiger partial charge in [0.1, 0.15) is 10.7 Å². The molecule has 0 spiro atoms. The molecule has 27 heavy (non-hydrogen) atoms. The topological polar surface area (TPSA) is 97.7 Å². The number of aromatic nitrogens is 5. The molecule has 8 nitrogen and oxygen atoms in total. The van der Waals surface area contributed by atoms with Crippen LogP contribution in [0.15, 0.2) is 24.0 Å². The summed E-state index contributed by atoms with van der Waals surface area (Å²) in [5, 5.41) is 15.1. The number of aromatic amines is 1. The number of rotatable bonds is 6. The monoisotopic (exact) mass is 394 g/mol. The van der Waals surface area contributed by atoms with Crippen molar-refractivity contribution in [1.82, 2.24) is 25.0 Å². The van der Waals surface area contributed by atoms with Crippen LogP contribution < -0.4 is 5.32 Å². The fourth-order valence-corrected chi connectivity index (χ4v) is 3.63. The summed E-state index contributed by atoms with van der Waals surface area (Å²) in [6.45, 7) is 1.04. The first-order valence-electron chi connectivity index (χ1n) is 8.33. The molecule has 1 unspecified atom stereocenters. The molecule has 0 aromatic carbocycles. The van der Waals surface area contributed by atoms with Crippen LogP contribution in [0.2, 0.25) is 0 Å². The second kappa shape index (κ2) is 7.53. The van der Waals surface area contributed by atoms with E-state index in [2.05, 4.69) is 25.6 Å². The van der Waals surface area contributed by atoms with Crippen molar-refractivity contribution < 1.29 is 18.3 Å². The molecule has 1 saturated heterocycles. The molecule has 3 aromatic heterocycles. The van der Waals surface area contributed by atoms with Gasteiger partial charge in [-0.15, -0.1) is 11.3 Å². The largest absolute Gasteiger partial charge is 0.376 e. The number of ether oxygens (including phenoxy) is 1. The number of alkyl halides is 2. The Morgan fingerprint density at radius 2 is 2.41 bits per heavy atom. The first-order chi connectivity index (χ1) is 13.1. The molecule has 1 aliphatic heterocycles. The molecule has 0 radical (unpaired) electrons. The Bertz CT molecular complexity index is 917. The predicted octanol–water partition coefficient (Wildman–Crippen LogP) is 3.10. The van der Waals surface area contributed by atoms with Gasteiger partial charge in [0.15, 0.2) is 5.69 Å². The Kier molecular flexibility index (Phi) is 4.94. The minimum absolute atomic E-state index is 0.0224. The number of nitrogens with zero attached hydrogens (tertiary/aromatic N) is 4. The van der Waals surface area contributed by atoms with Crippen molar-refractivity contribution in [3.8, 4) is 10.6 Å². The average Bonchev–Trinajstić information content (AvgIpc) is 3.42. The quantitative estimate of drug-likeness (QED) is 0.670. The van der Waals surface area contributed by atoms with Crippen molar-refractivity contribution in [3.05, 3.63) is 35.4 Å². The van der Waals surface area contributed by atoms with Gasteiger partial charge in [-0.1, -0.05) is 0 Å². The fraction of sp³-hybridized carbons (Fsp3) is 0.375. The van der Waals surface area contributed by atoms with Gasteiger partial charge in [-0.05, 0) is 12.8 Å². The number of carbonyl (C=O) groups is 1.